The fraction of sp³-hybridized carbons (Fsp3) is 0.619. The molecule has 0 saturated heterocycles. The Labute approximate surface area is 157 Å². The predicted octanol–water partition coefficient (Wildman–Crippen LogP) is 4.91. The number of amides is 1. The number of anilines is 1. The molecule has 1 rings (SSSR count). The third-order valence-electron chi connectivity index (χ3n) is 4.17. The Balaban J connectivity index is 3.00. The summed E-state index contributed by atoms with van der Waals surface area (Å²) in [5.41, 5.74) is -0.0754. The maximum absolute atomic E-state index is 12.9. The van der Waals surface area contributed by atoms with Crippen molar-refractivity contribution in [3.63, 3.8) is 0 Å². The van der Waals surface area contributed by atoms with E-state index < -0.39 is 5.60 Å². The summed E-state index contributed by atoms with van der Waals surface area (Å²) in [5.74, 6) is 0.706. The number of nitriles is 1. The van der Waals surface area contributed by atoms with Crippen molar-refractivity contribution in [1.82, 2.24) is 0 Å². The minimum atomic E-state index is -0.928. The average Bonchev–Trinajstić information content (AvgIpc) is 2.60. The smallest absolute Gasteiger partial charge is 0.256 e. The first-order valence-corrected chi connectivity index (χ1v) is 9.41. The lowest BCUT2D eigenvalue weighted by Crippen LogP contribution is -2.44. The van der Waals surface area contributed by atoms with Crippen LogP contribution in [-0.2, 0) is 9.53 Å². The van der Waals surface area contributed by atoms with Gasteiger partial charge in [0.15, 0.2) is 0 Å². The highest BCUT2D eigenvalue weighted by molar-refractivity contribution is 5.98. The second-order valence-electron chi connectivity index (χ2n) is 7.29. The number of nitrogens with zero attached hydrogens (tertiary/aromatic N) is 1. The predicted molar refractivity (Wildman–Crippen MR) is 104 cm³/mol. The van der Waals surface area contributed by atoms with Crippen molar-refractivity contribution in [3.05, 3.63) is 23.8 Å². The van der Waals surface area contributed by atoms with Crippen LogP contribution < -0.4 is 10.1 Å². The number of ether oxygens (including phenoxy) is 2. The van der Waals surface area contributed by atoms with Crippen LogP contribution >= 0.6 is 0 Å². The lowest BCUT2D eigenvalue weighted by atomic mass is 9.92. The van der Waals surface area contributed by atoms with Crippen molar-refractivity contribution in [2.75, 3.05) is 11.9 Å². The van der Waals surface area contributed by atoms with Gasteiger partial charge in [-0.2, -0.15) is 5.26 Å². The maximum atomic E-state index is 12.9. The first kappa shape index (κ1) is 22.0. The highest BCUT2D eigenvalue weighted by atomic mass is 16.5. The molecule has 1 amide bonds. The summed E-state index contributed by atoms with van der Waals surface area (Å²) in [5, 5.41) is 12.3. The van der Waals surface area contributed by atoms with E-state index in [4.69, 9.17) is 9.47 Å². The van der Waals surface area contributed by atoms with Crippen LogP contribution in [0, 0.1) is 17.2 Å². The van der Waals surface area contributed by atoms with Gasteiger partial charge in [0.05, 0.1) is 17.4 Å². The second kappa shape index (κ2) is 10.2. The van der Waals surface area contributed by atoms with Crippen molar-refractivity contribution in [2.24, 2.45) is 5.92 Å². The molecule has 5 heteroatoms. The van der Waals surface area contributed by atoms with E-state index in [9.17, 15) is 10.1 Å². The van der Waals surface area contributed by atoms with Crippen LogP contribution in [0.15, 0.2) is 18.2 Å². The van der Waals surface area contributed by atoms with Gasteiger partial charge < -0.3 is 14.8 Å². The Morgan fingerprint density at radius 3 is 2.54 bits per heavy atom. The molecule has 1 N–H and O–H groups in total. The van der Waals surface area contributed by atoms with Crippen molar-refractivity contribution < 1.29 is 14.3 Å². The summed E-state index contributed by atoms with van der Waals surface area (Å²) in [6.45, 7) is 12.5. The maximum Gasteiger partial charge on any atom is 0.256 e. The first-order chi connectivity index (χ1) is 12.3. The third kappa shape index (κ3) is 6.34. The molecule has 0 aromatic heterocycles. The molecule has 26 heavy (non-hydrogen) atoms. The third-order valence-corrected chi connectivity index (χ3v) is 4.17. The molecule has 0 unspecified atom stereocenters. The van der Waals surface area contributed by atoms with Crippen molar-refractivity contribution >= 4 is 11.6 Å². The van der Waals surface area contributed by atoms with Gasteiger partial charge in [0.2, 0.25) is 0 Å². The lowest BCUT2D eigenvalue weighted by molar-refractivity contribution is -0.141. The summed E-state index contributed by atoms with van der Waals surface area (Å²) in [7, 11) is 0. The number of hydrogen-bond donors (Lipinski definition) is 1. The Morgan fingerprint density at radius 2 is 2.00 bits per heavy atom. The molecule has 0 aliphatic rings. The van der Waals surface area contributed by atoms with Crippen molar-refractivity contribution in [1.29, 1.82) is 5.26 Å². The SMILES string of the molecule is CCCO[C@@](C)(CC(C)C)C(=O)Nc1ccc(O[C@H](C)CC)cc1C#N. The van der Waals surface area contributed by atoms with E-state index >= 15 is 0 Å². The molecule has 0 bridgehead atoms. The number of nitrogens with one attached hydrogen (secondary N) is 1. The molecule has 0 aliphatic heterocycles. The van der Waals surface area contributed by atoms with Crippen molar-refractivity contribution in [2.45, 2.75) is 72.5 Å². The van der Waals surface area contributed by atoms with Gasteiger partial charge in [0.1, 0.15) is 17.4 Å². The number of hydrogen-bond acceptors (Lipinski definition) is 4. The Morgan fingerprint density at radius 1 is 1.31 bits per heavy atom. The van der Waals surface area contributed by atoms with Crippen LogP contribution in [0.4, 0.5) is 5.69 Å². The van der Waals surface area contributed by atoms with E-state index in [-0.39, 0.29) is 12.0 Å². The fourth-order valence-corrected chi connectivity index (χ4v) is 2.69. The van der Waals surface area contributed by atoms with Gasteiger partial charge in [0.25, 0.3) is 5.91 Å². The van der Waals surface area contributed by atoms with Gasteiger partial charge >= 0.3 is 0 Å². The molecule has 0 fully saturated rings. The summed E-state index contributed by atoms with van der Waals surface area (Å²) < 4.78 is 11.6. The summed E-state index contributed by atoms with van der Waals surface area (Å²) in [6, 6.07) is 7.28. The van der Waals surface area contributed by atoms with E-state index in [0.29, 0.717) is 35.9 Å². The highest BCUT2D eigenvalue weighted by Gasteiger charge is 2.35. The number of rotatable bonds is 10. The molecule has 2 atom stereocenters. The first-order valence-electron chi connectivity index (χ1n) is 9.41. The Bertz CT molecular complexity index is 637. The molecule has 0 heterocycles. The normalized spacial score (nSPS) is 14.4. The van der Waals surface area contributed by atoms with E-state index in [1.54, 1.807) is 18.2 Å². The number of benzene rings is 1. The highest BCUT2D eigenvalue weighted by Crippen LogP contribution is 2.27. The van der Waals surface area contributed by atoms with Crippen LogP contribution in [0.5, 0.6) is 5.75 Å². The standard InChI is InChI=1S/C21H32N2O3/c1-7-11-25-21(6,13-15(3)4)20(24)23-19-10-9-18(12-17(19)14-22)26-16(5)8-2/h9-10,12,15-16H,7-8,11,13H2,1-6H3,(H,23,24)/t16-,21+/m1/s1. The quantitative estimate of drug-likeness (QED) is 0.644. The van der Waals surface area contributed by atoms with Crippen LogP contribution in [0.3, 0.4) is 0 Å². The van der Waals surface area contributed by atoms with Gasteiger partial charge in [-0.15, -0.1) is 0 Å². The molecule has 0 aliphatic carbocycles. The molecular formula is C21H32N2O3. The van der Waals surface area contributed by atoms with Crippen LogP contribution in [0.2, 0.25) is 0 Å². The zero-order valence-corrected chi connectivity index (χ0v) is 16.9. The van der Waals surface area contributed by atoms with E-state index in [1.165, 1.54) is 0 Å². The fourth-order valence-electron chi connectivity index (χ4n) is 2.69. The zero-order valence-electron chi connectivity index (χ0n) is 16.9. The zero-order chi connectivity index (χ0) is 19.7. The monoisotopic (exact) mass is 360 g/mol. The number of carbonyl (C=O) groups excluding carboxylic acids is 1. The lowest BCUT2D eigenvalue weighted by Gasteiger charge is -2.30. The van der Waals surface area contributed by atoms with E-state index in [0.717, 1.165) is 12.8 Å². The Hall–Kier alpha value is -2.06. The molecule has 1 aromatic carbocycles. The topological polar surface area (TPSA) is 71.3 Å². The van der Waals surface area contributed by atoms with Gasteiger partial charge in [-0.25, -0.2) is 0 Å². The number of carbonyl (C=O) groups is 1. The Kier molecular flexibility index (Phi) is 8.60. The largest absolute Gasteiger partial charge is 0.491 e. The van der Waals surface area contributed by atoms with Gasteiger partial charge in [0, 0.05) is 12.7 Å². The van der Waals surface area contributed by atoms with Gasteiger partial charge in [-0.3, -0.25) is 4.79 Å². The molecule has 1 aromatic rings. The van der Waals surface area contributed by atoms with E-state index in [1.807, 2.05) is 27.7 Å². The van der Waals surface area contributed by atoms with Crippen LogP contribution in [-0.4, -0.2) is 24.2 Å². The molecule has 0 spiro atoms. The molecule has 0 saturated carbocycles. The minimum absolute atomic E-state index is 0.0683. The van der Waals surface area contributed by atoms with Gasteiger partial charge in [-0.05, 0) is 51.2 Å². The molecule has 144 valence electrons. The minimum Gasteiger partial charge on any atom is -0.491 e. The molecular weight excluding hydrogens is 328 g/mol. The summed E-state index contributed by atoms with van der Waals surface area (Å²) >= 11 is 0. The van der Waals surface area contributed by atoms with Gasteiger partial charge in [-0.1, -0.05) is 27.7 Å². The van der Waals surface area contributed by atoms with Crippen LogP contribution in [0.25, 0.3) is 0 Å². The summed E-state index contributed by atoms with van der Waals surface area (Å²) in [4.78, 5) is 12.9. The van der Waals surface area contributed by atoms with Crippen LogP contribution in [0.1, 0.15) is 66.4 Å². The average molecular weight is 360 g/mol. The molecule has 5 nitrogen and oxygen atoms in total. The van der Waals surface area contributed by atoms with E-state index in [2.05, 4.69) is 25.2 Å². The van der Waals surface area contributed by atoms with Crippen molar-refractivity contribution in [3.8, 4) is 11.8 Å². The second-order valence-corrected chi connectivity index (χ2v) is 7.29. The summed E-state index contributed by atoms with van der Waals surface area (Å²) in [6.07, 6.45) is 2.39. The molecule has 0 radical (unpaired) electrons.